The number of likely N-dealkylation sites (tertiary alicyclic amines) is 1. The van der Waals surface area contributed by atoms with Crippen LogP contribution >= 0.6 is 0 Å². The number of fused-ring (bicyclic) bond motifs is 1. The summed E-state index contributed by atoms with van der Waals surface area (Å²) in [6.45, 7) is 5.75. The van der Waals surface area contributed by atoms with Crippen molar-refractivity contribution in [1.29, 1.82) is 0 Å². The summed E-state index contributed by atoms with van der Waals surface area (Å²) >= 11 is 0. The molecule has 1 aromatic carbocycles. The van der Waals surface area contributed by atoms with Crippen molar-refractivity contribution in [2.45, 2.75) is 51.6 Å². The third-order valence-corrected chi connectivity index (χ3v) is 4.76. The predicted molar refractivity (Wildman–Crippen MR) is 79.5 cm³/mol. The van der Waals surface area contributed by atoms with Gasteiger partial charge >= 0.3 is 0 Å². The fraction of sp³-hybridized carbons (Fsp3) is 0.588. The lowest BCUT2D eigenvalue weighted by molar-refractivity contribution is 0.0889. The quantitative estimate of drug-likeness (QED) is 0.790. The lowest BCUT2D eigenvalue weighted by atomic mass is 10.0. The molecule has 2 unspecified atom stereocenters. The summed E-state index contributed by atoms with van der Waals surface area (Å²) in [6.07, 6.45) is 4.50. The first-order valence-electron chi connectivity index (χ1n) is 7.73. The minimum atomic E-state index is 0.243. The van der Waals surface area contributed by atoms with Gasteiger partial charge in [0.1, 0.15) is 5.75 Å². The first-order chi connectivity index (χ1) is 9.69. The van der Waals surface area contributed by atoms with Crippen LogP contribution < -0.4 is 4.74 Å². The molecule has 3 heteroatoms. The van der Waals surface area contributed by atoms with E-state index in [0.29, 0.717) is 18.6 Å². The Kier molecular flexibility index (Phi) is 3.79. The van der Waals surface area contributed by atoms with Crippen molar-refractivity contribution < 1.29 is 9.53 Å². The highest BCUT2D eigenvalue weighted by Crippen LogP contribution is 2.28. The zero-order valence-electron chi connectivity index (χ0n) is 12.4. The number of Topliss-reactive ketones (excluding diaryl/α,β-unsaturated/α-hetero) is 1. The molecule has 2 atom stereocenters. The van der Waals surface area contributed by atoms with Crippen molar-refractivity contribution in [3.63, 3.8) is 0 Å². The average Bonchev–Trinajstić information content (AvgIpc) is 3.05. The van der Waals surface area contributed by atoms with Gasteiger partial charge in [-0.2, -0.15) is 0 Å². The molecule has 2 aliphatic rings. The molecule has 3 nitrogen and oxygen atoms in total. The Morgan fingerprint density at radius 1 is 1.40 bits per heavy atom. The molecule has 0 N–H and O–H groups in total. The Balaban J connectivity index is 1.73. The van der Waals surface area contributed by atoms with Crippen LogP contribution in [0, 0.1) is 0 Å². The molecular weight excluding hydrogens is 250 g/mol. The van der Waals surface area contributed by atoms with E-state index >= 15 is 0 Å². The number of carbonyl (C=O) groups excluding carboxylic acids is 1. The Labute approximate surface area is 120 Å². The second-order valence-corrected chi connectivity index (χ2v) is 6.00. The monoisotopic (exact) mass is 273 g/mol. The van der Waals surface area contributed by atoms with Gasteiger partial charge in [0, 0.05) is 24.1 Å². The van der Waals surface area contributed by atoms with Crippen LogP contribution in [0.4, 0.5) is 0 Å². The molecule has 2 aliphatic heterocycles. The summed E-state index contributed by atoms with van der Waals surface area (Å²) in [5, 5.41) is 0. The molecule has 0 saturated carbocycles. The minimum absolute atomic E-state index is 0.243. The number of hydrogen-bond donors (Lipinski definition) is 0. The van der Waals surface area contributed by atoms with Gasteiger partial charge in [0.05, 0.1) is 13.2 Å². The van der Waals surface area contributed by atoms with Crippen LogP contribution in [0.25, 0.3) is 0 Å². The molecule has 1 saturated heterocycles. The fourth-order valence-electron chi connectivity index (χ4n) is 3.47. The summed E-state index contributed by atoms with van der Waals surface area (Å²) < 4.78 is 5.50. The van der Waals surface area contributed by atoms with Gasteiger partial charge < -0.3 is 4.74 Å². The third kappa shape index (κ3) is 2.47. The second-order valence-electron chi connectivity index (χ2n) is 6.00. The first-order valence-corrected chi connectivity index (χ1v) is 7.73. The maximum absolute atomic E-state index is 12.5. The summed E-state index contributed by atoms with van der Waals surface area (Å²) in [6, 6.07) is 6.98. The summed E-state index contributed by atoms with van der Waals surface area (Å²) in [5.74, 6) is 1.19. The highest BCUT2D eigenvalue weighted by Gasteiger charge is 2.30. The number of hydrogen-bond acceptors (Lipinski definition) is 3. The molecule has 0 aromatic heterocycles. The normalized spacial score (nSPS) is 25.5. The van der Waals surface area contributed by atoms with Crippen molar-refractivity contribution in [2.75, 3.05) is 13.2 Å². The van der Waals surface area contributed by atoms with Crippen LogP contribution in [0.5, 0.6) is 5.75 Å². The van der Waals surface area contributed by atoms with E-state index in [-0.39, 0.29) is 5.78 Å². The minimum Gasteiger partial charge on any atom is -0.493 e. The zero-order chi connectivity index (χ0) is 14.1. The van der Waals surface area contributed by atoms with Gasteiger partial charge in [0.2, 0.25) is 0 Å². The van der Waals surface area contributed by atoms with Gasteiger partial charge in [0.15, 0.2) is 5.78 Å². The molecule has 20 heavy (non-hydrogen) atoms. The number of ether oxygens (including phenoxy) is 1. The van der Waals surface area contributed by atoms with E-state index in [1.54, 1.807) is 0 Å². The maximum atomic E-state index is 12.5. The van der Waals surface area contributed by atoms with Gasteiger partial charge in [-0.05, 0) is 49.9 Å². The van der Waals surface area contributed by atoms with E-state index in [2.05, 4.69) is 18.7 Å². The van der Waals surface area contributed by atoms with Gasteiger partial charge in [-0.15, -0.1) is 0 Å². The molecule has 0 spiro atoms. The van der Waals surface area contributed by atoms with Crippen molar-refractivity contribution in [3.05, 3.63) is 29.3 Å². The molecule has 0 radical (unpaired) electrons. The average molecular weight is 273 g/mol. The van der Waals surface area contributed by atoms with Crippen molar-refractivity contribution in [1.82, 2.24) is 4.90 Å². The first kappa shape index (κ1) is 13.6. The van der Waals surface area contributed by atoms with E-state index in [4.69, 9.17) is 4.74 Å². The molecule has 1 fully saturated rings. The Morgan fingerprint density at radius 2 is 2.25 bits per heavy atom. The molecule has 0 bridgehead atoms. The number of nitrogens with zero attached hydrogens (tertiary/aromatic N) is 1. The molecule has 0 amide bonds. The van der Waals surface area contributed by atoms with Crippen LogP contribution in [0.3, 0.4) is 0 Å². The van der Waals surface area contributed by atoms with Crippen LogP contribution in [-0.4, -0.2) is 35.9 Å². The van der Waals surface area contributed by atoms with Crippen LogP contribution in [-0.2, 0) is 6.42 Å². The topological polar surface area (TPSA) is 29.5 Å². The van der Waals surface area contributed by atoms with Crippen LogP contribution in [0.2, 0.25) is 0 Å². The SMILES string of the molecule is CCC1CCC(C)N1CC(=O)c1ccc2c(c1)CCO2. The van der Waals surface area contributed by atoms with Crippen molar-refractivity contribution in [3.8, 4) is 5.75 Å². The number of benzene rings is 1. The molecule has 3 rings (SSSR count). The van der Waals surface area contributed by atoms with E-state index in [0.717, 1.165) is 30.8 Å². The molecule has 0 aliphatic carbocycles. The van der Waals surface area contributed by atoms with E-state index in [1.807, 2.05) is 18.2 Å². The standard InChI is InChI=1S/C17H23NO2/c1-3-15-6-4-12(2)18(15)11-16(19)13-5-7-17-14(10-13)8-9-20-17/h5,7,10,12,15H,3-4,6,8-9,11H2,1-2H3. The maximum Gasteiger partial charge on any atom is 0.176 e. The number of ketones is 1. The van der Waals surface area contributed by atoms with Crippen LogP contribution in [0.1, 0.15) is 49.0 Å². The Bertz CT molecular complexity index is 512. The Hall–Kier alpha value is -1.35. The predicted octanol–water partition coefficient (Wildman–Crippen LogP) is 3.07. The summed E-state index contributed by atoms with van der Waals surface area (Å²) in [5.41, 5.74) is 2.01. The van der Waals surface area contributed by atoms with E-state index in [9.17, 15) is 4.79 Å². The molecule has 108 valence electrons. The van der Waals surface area contributed by atoms with Gasteiger partial charge in [-0.1, -0.05) is 6.92 Å². The summed E-state index contributed by atoms with van der Waals surface area (Å²) in [4.78, 5) is 14.9. The number of carbonyl (C=O) groups is 1. The van der Waals surface area contributed by atoms with Crippen LogP contribution in [0.15, 0.2) is 18.2 Å². The van der Waals surface area contributed by atoms with Gasteiger partial charge in [-0.3, -0.25) is 9.69 Å². The smallest absolute Gasteiger partial charge is 0.176 e. The number of rotatable bonds is 4. The second kappa shape index (κ2) is 5.57. The van der Waals surface area contributed by atoms with Gasteiger partial charge in [-0.25, -0.2) is 0 Å². The van der Waals surface area contributed by atoms with E-state index < -0.39 is 0 Å². The summed E-state index contributed by atoms with van der Waals surface area (Å²) in [7, 11) is 0. The Morgan fingerprint density at radius 3 is 3.05 bits per heavy atom. The lowest BCUT2D eigenvalue weighted by Gasteiger charge is -2.26. The van der Waals surface area contributed by atoms with Crippen molar-refractivity contribution in [2.24, 2.45) is 0 Å². The van der Waals surface area contributed by atoms with E-state index in [1.165, 1.54) is 18.4 Å². The molecule has 1 aromatic rings. The highest BCUT2D eigenvalue weighted by atomic mass is 16.5. The fourth-order valence-corrected chi connectivity index (χ4v) is 3.47. The largest absolute Gasteiger partial charge is 0.493 e. The molecular formula is C17H23NO2. The third-order valence-electron chi connectivity index (χ3n) is 4.76. The van der Waals surface area contributed by atoms with Gasteiger partial charge in [0.25, 0.3) is 0 Å². The van der Waals surface area contributed by atoms with Crippen molar-refractivity contribution >= 4 is 5.78 Å². The lowest BCUT2D eigenvalue weighted by Crippen LogP contribution is -2.38. The molecule has 2 heterocycles. The highest BCUT2D eigenvalue weighted by molar-refractivity contribution is 5.98. The zero-order valence-corrected chi connectivity index (χ0v) is 12.4.